The largest absolute Gasteiger partial charge is 0.383 e. The number of halogens is 1. The van der Waals surface area contributed by atoms with Crippen molar-refractivity contribution in [2.45, 2.75) is 0 Å². The smallest absolute Gasteiger partial charge is 0.147 e. The van der Waals surface area contributed by atoms with Crippen molar-refractivity contribution in [1.82, 2.24) is 0 Å². The van der Waals surface area contributed by atoms with Crippen LogP contribution in [0.5, 0.6) is 0 Å². The van der Waals surface area contributed by atoms with E-state index in [4.69, 9.17) is 10.00 Å². The Bertz CT molecular complexity index is 346. The fraction of sp³-hybridized carbons (Fsp3) is 0.300. The highest BCUT2D eigenvalue weighted by molar-refractivity contribution is 5.48. The van der Waals surface area contributed by atoms with Crippen molar-refractivity contribution >= 4 is 5.69 Å². The lowest BCUT2D eigenvalue weighted by molar-refractivity contribution is 0.210. The molecule has 0 heterocycles. The van der Waals surface area contributed by atoms with Crippen molar-refractivity contribution < 1.29 is 9.13 Å². The molecule has 0 fully saturated rings. The van der Waals surface area contributed by atoms with Gasteiger partial charge in [0.2, 0.25) is 0 Å². The number of benzene rings is 1. The molecule has 0 atom stereocenters. The summed E-state index contributed by atoms with van der Waals surface area (Å²) in [4.78, 5) is 0. The number of methoxy groups -OCH3 is 1. The average molecular weight is 194 g/mol. The topological polar surface area (TPSA) is 45.0 Å². The number of nitrogens with one attached hydrogen (secondary N) is 1. The maximum Gasteiger partial charge on any atom is 0.147 e. The van der Waals surface area contributed by atoms with Gasteiger partial charge in [0, 0.05) is 13.7 Å². The van der Waals surface area contributed by atoms with Crippen LogP contribution in [0.4, 0.5) is 10.1 Å². The van der Waals surface area contributed by atoms with E-state index in [-0.39, 0.29) is 0 Å². The van der Waals surface area contributed by atoms with Crippen LogP contribution in [0.25, 0.3) is 0 Å². The summed E-state index contributed by atoms with van der Waals surface area (Å²) in [5.74, 6) is -0.417. The quantitative estimate of drug-likeness (QED) is 0.743. The number of hydrogen-bond acceptors (Lipinski definition) is 3. The van der Waals surface area contributed by atoms with E-state index >= 15 is 0 Å². The molecule has 3 nitrogen and oxygen atoms in total. The van der Waals surface area contributed by atoms with Crippen molar-refractivity contribution in [3.05, 3.63) is 29.6 Å². The summed E-state index contributed by atoms with van der Waals surface area (Å²) in [5, 5.41) is 11.4. The predicted octanol–water partition coefficient (Wildman–Crippen LogP) is 1.76. The SMILES string of the molecule is COCCNc1ccc(C#N)cc1F. The Morgan fingerprint density at radius 2 is 2.36 bits per heavy atom. The minimum atomic E-state index is -0.417. The van der Waals surface area contributed by atoms with Gasteiger partial charge in [-0.2, -0.15) is 5.26 Å². The summed E-state index contributed by atoms with van der Waals surface area (Å²) >= 11 is 0. The first-order valence-electron chi connectivity index (χ1n) is 4.20. The van der Waals surface area contributed by atoms with Crippen LogP contribution in [0.3, 0.4) is 0 Å². The molecule has 0 amide bonds. The van der Waals surface area contributed by atoms with E-state index in [1.165, 1.54) is 6.07 Å². The van der Waals surface area contributed by atoms with Crippen molar-refractivity contribution in [3.8, 4) is 6.07 Å². The van der Waals surface area contributed by atoms with E-state index in [9.17, 15) is 4.39 Å². The maximum atomic E-state index is 13.2. The molecule has 0 aliphatic carbocycles. The van der Waals surface area contributed by atoms with Gasteiger partial charge in [0.05, 0.1) is 23.9 Å². The lowest BCUT2D eigenvalue weighted by Gasteiger charge is -2.06. The fourth-order valence-electron chi connectivity index (χ4n) is 1.02. The lowest BCUT2D eigenvalue weighted by atomic mass is 10.2. The third kappa shape index (κ3) is 2.71. The summed E-state index contributed by atoms with van der Waals surface area (Å²) in [6.45, 7) is 1.05. The minimum Gasteiger partial charge on any atom is -0.383 e. The third-order valence-electron chi connectivity index (χ3n) is 1.72. The molecular formula is C10H11FN2O. The molecule has 14 heavy (non-hydrogen) atoms. The highest BCUT2D eigenvalue weighted by Crippen LogP contribution is 2.14. The molecule has 0 aromatic heterocycles. The summed E-state index contributed by atoms with van der Waals surface area (Å²) in [7, 11) is 1.58. The standard InChI is InChI=1S/C10H11FN2O/c1-14-5-4-13-10-3-2-8(7-12)6-9(10)11/h2-3,6,13H,4-5H2,1H3. The molecule has 0 saturated carbocycles. The summed E-state index contributed by atoms with van der Waals surface area (Å²) in [6.07, 6.45) is 0. The monoisotopic (exact) mass is 194 g/mol. The van der Waals surface area contributed by atoms with E-state index < -0.39 is 5.82 Å². The Kier molecular flexibility index (Phi) is 3.89. The molecule has 1 aromatic carbocycles. The Morgan fingerprint density at radius 1 is 1.57 bits per heavy atom. The van der Waals surface area contributed by atoms with E-state index in [0.29, 0.717) is 24.4 Å². The first kappa shape index (κ1) is 10.5. The minimum absolute atomic E-state index is 0.319. The molecular weight excluding hydrogens is 183 g/mol. The molecule has 0 radical (unpaired) electrons. The summed E-state index contributed by atoms with van der Waals surface area (Å²) in [5.41, 5.74) is 0.709. The number of nitriles is 1. The van der Waals surface area contributed by atoms with E-state index in [1.54, 1.807) is 19.2 Å². The molecule has 1 N–H and O–H groups in total. The van der Waals surface area contributed by atoms with Crippen LogP contribution in [0.2, 0.25) is 0 Å². The molecule has 0 aliphatic rings. The zero-order chi connectivity index (χ0) is 10.4. The predicted molar refractivity (Wildman–Crippen MR) is 51.5 cm³/mol. The van der Waals surface area contributed by atoms with Gasteiger partial charge >= 0.3 is 0 Å². The zero-order valence-corrected chi connectivity index (χ0v) is 7.88. The van der Waals surface area contributed by atoms with Crippen molar-refractivity contribution in [1.29, 1.82) is 5.26 Å². The van der Waals surface area contributed by atoms with E-state index in [0.717, 1.165) is 0 Å². The second-order valence-electron chi connectivity index (χ2n) is 2.73. The van der Waals surface area contributed by atoms with Gasteiger partial charge in [-0.1, -0.05) is 0 Å². The summed E-state index contributed by atoms with van der Waals surface area (Å²) < 4.78 is 18.0. The highest BCUT2D eigenvalue weighted by Gasteiger charge is 2.01. The average Bonchev–Trinajstić information content (AvgIpc) is 2.20. The first-order chi connectivity index (χ1) is 6.77. The van der Waals surface area contributed by atoms with Crippen LogP contribution in [0.1, 0.15) is 5.56 Å². The van der Waals surface area contributed by atoms with Crippen LogP contribution in [0.15, 0.2) is 18.2 Å². The molecule has 1 rings (SSSR count). The second kappa shape index (κ2) is 5.20. The summed E-state index contributed by atoms with van der Waals surface area (Å²) in [6, 6.07) is 6.19. The van der Waals surface area contributed by atoms with Crippen molar-refractivity contribution in [2.75, 3.05) is 25.6 Å². The molecule has 0 spiro atoms. The van der Waals surface area contributed by atoms with Crippen LogP contribution >= 0.6 is 0 Å². The first-order valence-corrected chi connectivity index (χ1v) is 4.20. The van der Waals surface area contributed by atoms with Gasteiger partial charge in [-0.3, -0.25) is 0 Å². The molecule has 0 unspecified atom stereocenters. The lowest BCUT2D eigenvalue weighted by Crippen LogP contribution is -2.08. The van der Waals surface area contributed by atoms with E-state index in [2.05, 4.69) is 5.32 Å². The molecule has 0 aliphatic heterocycles. The fourth-order valence-corrected chi connectivity index (χ4v) is 1.02. The Labute approximate surface area is 82.1 Å². The van der Waals surface area contributed by atoms with Crippen molar-refractivity contribution in [3.63, 3.8) is 0 Å². The molecule has 74 valence electrons. The number of ether oxygens (including phenoxy) is 1. The van der Waals surface area contributed by atoms with Crippen LogP contribution in [-0.2, 0) is 4.74 Å². The van der Waals surface area contributed by atoms with Gasteiger partial charge < -0.3 is 10.1 Å². The normalized spacial score (nSPS) is 9.50. The van der Waals surface area contributed by atoms with Gasteiger partial charge in [-0.15, -0.1) is 0 Å². The maximum absolute atomic E-state index is 13.2. The van der Waals surface area contributed by atoms with E-state index in [1.807, 2.05) is 6.07 Å². The molecule has 4 heteroatoms. The van der Waals surface area contributed by atoms with Gasteiger partial charge in [0.25, 0.3) is 0 Å². The zero-order valence-electron chi connectivity index (χ0n) is 7.88. The van der Waals surface area contributed by atoms with Crippen LogP contribution < -0.4 is 5.32 Å². The number of nitrogens with zero attached hydrogens (tertiary/aromatic N) is 1. The number of anilines is 1. The third-order valence-corrected chi connectivity index (χ3v) is 1.72. The van der Waals surface area contributed by atoms with Crippen LogP contribution in [-0.4, -0.2) is 20.3 Å². The number of hydrogen-bond donors (Lipinski definition) is 1. The molecule has 0 bridgehead atoms. The van der Waals surface area contributed by atoms with Gasteiger partial charge in [-0.05, 0) is 18.2 Å². The van der Waals surface area contributed by atoms with Crippen molar-refractivity contribution in [2.24, 2.45) is 0 Å². The van der Waals surface area contributed by atoms with Gasteiger partial charge in [0.1, 0.15) is 5.82 Å². The Morgan fingerprint density at radius 3 is 2.93 bits per heavy atom. The Balaban J connectivity index is 2.65. The molecule has 1 aromatic rings. The van der Waals surface area contributed by atoms with Gasteiger partial charge in [-0.25, -0.2) is 4.39 Å². The van der Waals surface area contributed by atoms with Gasteiger partial charge in [0.15, 0.2) is 0 Å². The number of rotatable bonds is 4. The Hall–Kier alpha value is -1.60. The second-order valence-corrected chi connectivity index (χ2v) is 2.73. The van der Waals surface area contributed by atoms with Crippen LogP contribution in [0, 0.1) is 17.1 Å². The highest BCUT2D eigenvalue weighted by atomic mass is 19.1. The molecule has 0 saturated heterocycles.